The molecule has 0 aliphatic heterocycles. The van der Waals surface area contributed by atoms with Gasteiger partial charge in [-0.3, -0.25) is 14.4 Å². The summed E-state index contributed by atoms with van der Waals surface area (Å²) in [7, 11) is 0. The van der Waals surface area contributed by atoms with Crippen LogP contribution in [-0.4, -0.2) is 51.9 Å². The highest BCUT2D eigenvalue weighted by atomic mass is 16.6. The lowest BCUT2D eigenvalue weighted by Crippen LogP contribution is -2.60. The summed E-state index contributed by atoms with van der Waals surface area (Å²) in [5, 5.41) is 5.56. The molecule has 0 aliphatic carbocycles. The molecule has 0 bridgehead atoms. The van der Waals surface area contributed by atoms with Gasteiger partial charge in [-0.15, -0.1) is 0 Å². The van der Waals surface area contributed by atoms with E-state index in [0.29, 0.717) is 12.0 Å². The fourth-order valence-corrected chi connectivity index (χ4v) is 4.05. The number of carbonyl (C=O) groups is 4. The maximum absolute atomic E-state index is 14.2. The molecule has 0 aliphatic rings. The van der Waals surface area contributed by atoms with Gasteiger partial charge < -0.3 is 26.0 Å². The minimum Gasteiger partial charge on any atom is -0.444 e. The van der Waals surface area contributed by atoms with Crippen LogP contribution in [0.2, 0.25) is 0 Å². The third-order valence-corrected chi connectivity index (χ3v) is 6.12. The first-order valence-corrected chi connectivity index (χ1v) is 13.0. The number of carbonyl (C=O) groups excluding carboxylic acids is 4. The van der Waals surface area contributed by atoms with E-state index in [-0.39, 0.29) is 11.9 Å². The van der Waals surface area contributed by atoms with Crippen molar-refractivity contribution in [2.75, 3.05) is 0 Å². The average Bonchev–Trinajstić information content (AvgIpc) is 2.74. The monoisotopic (exact) mass is 518 g/mol. The second kappa shape index (κ2) is 13.4. The van der Waals surface area contributed by atoms with Crippen LogP contribution in [0.15, 0.2) is 24.3 Å². The SMILES string of the molecule is CCCC(C)NC(=O)C(c1cccc(C)c1)N(C(=O)C(CC(N)=O)NC(=O)OC(C)(C)C)C(C)(C)CC. The summed E-state index contributed by atoms with van der Waals surface area (Å²) in [5.74, 6) is -1.70. The van der Waals surface area contributed by atoms with Crippen LogP contribution in [0.25, 0.3) is 0 Å². The van der Waals surface area contributed by atoms with E-state index in [1.54, 1.807) is 26.8 Å². The van der Waals surface area contributed by atoms with Gasteiger partial charge in [0.15, 0.2) is 0 Å². The van der Waals surface area contributed by atoms with Gasteiger partial charge in [-0.1, -0.05) is 50.1 Å². The van der Waals surface area contributed by atoms with Crippen LogP contribution in [0.3, 0.4) is 0 Å². The zero-order valence-corrected chi connectivity index (χ0v) is 23.9. The number of nitrogens with one attached hydrogen (secondary N) is 2. The lowest BCUT2D eigenvalue weighted by Gasteiger charge is -2.44. The van der Waals surface area contributed by atoms with Gasteiger partial charge in [0.2, 0.25) is 17.7 Å². The van der Waals surface area contributed by atoms with Crippen LogP contribution in [0.5, 0.6) is 0 Å². The van der Waals surface area contributed by atoms with E-state index in [9.17, 15) is 19.2 Å². The highest BCUT2D eigenvalue weighted by Gasteiger charge is 2.43. The van der Waals surface area contributed by atoms with Crippen molar-refractivity contribution in [2.45, 2.75) is 117 Å². The number of hydrogen-bond acceptors (Lipinski definition) is 5. The molecule has 37 heavy (non-hydrogen) atoms. The Kier molecular flexibility index (Phi) is 11.6. The third-order valence-electron chi connectivity index (χ3n) is 6.12. The summed E-state index contributed by atoms with van der Waals surface area (Å²) in [6.07, 6.45) is 0.883. The molecule has 4 N–H and O–H groups in total. The summed E-state index contributed by atoms with van der Waals surface area (Å²) in [6.45, 7) is 16.6. The molecule has 208 valence electrons. The predicted molar refractivity (Wildman–Crippen MR) is 145 cm³/mol. The summed E-state index contributed by atoms with van der Waals surface area (Å²) in [4.78, 5) is 54.0. The van der Waals surface area contributed by atoms with Crippen LogP contribution in [0.1, 0.15) is 98.2 Å². The van der Waals surface area contributed by atoms with Crippen molar-refractivity contribution in [1.82, 2.24) is 15.5 Å². The molecule has 1 aromatic carbocycles. The second-order valence-electron chi connectivity index (χ2n) is 11.3. The summed E-state index contributed by atoms with van der Waals surface area (Å²) >= 11 is 0. The largest absolute Gasteiger partial charge is 0.444 e. The van der Waals surface area contributed by atoms with E-state index in [4.69, 9.17) is 10.5 Å². The maximum atomic E-state index is 14.2. The van der Waals surface area contributed by atoms with Gasteiger partial charge in [0.05, 0.1) is 6.42 Å². The van der Waals surface area contributed by atoms with Gasteiger partial charge in [0.1, 0.15) is 17.7 Å². The van der Waals surface area contributed by atoms with Crippen LogP contribution in [0, 0.1) is 6.92 Å². The maximum Gasteiger partial charge on any atom is 0.408 e. The third kappa shape index (κ3) is 10.1. The topological polar surface area (TPSA) is 131 Å². The number of amides is 4. The minimum absolute atomic E-state index is 0.104. The normalized spacial score (nSPS) is 14.2. The Hall–Kier alpha value is -3.10. The fraction of sp³-hybridized carbons (Fsp3) is 0.643. The molecule has 0 aromatic heterocycles. The first-order chi connectivity index (χ1) is 17.0. The summed E-state index contributed by atoms with van der Waals surface area (Å²) < 4.78 is 5.33. The molecule has 0 saturated heterocycles. The second-order valence-corrected chi connectivity index (χ2v) is 11.3. The summed E-state index contributed by atoms with van der Waals surface area (Å²) in [5.41, 5.74) is 5.39. The van der Waals surface area contributed by atoms with Gasteiger partial charge >= 0.3 is 6.09 Å². The molecule has 0 radical (unpaired) electrons. The van der Waals surface area contributed by atoms with Crippen LogP contribution >= 0.6 is 0 Å². The smallest absolute Gasteiger partial charge is 0.408 e. The van der Waals surface area contributed by atoms with E-state index in [1.165, 1.54) is 4.90 Å². The Balaban J connectivity index is 3.65. The minimum atomic E-state index is -1.31. The number of nitrogens with two attached hydrogens (primary N) is 1. The Labute approximate surface area is 221 Å². The van der Waals surface area contributed by atoms with Gasteiger partial charge in [0, 0.05) is 11.6 Å². The number of hydrogen-bond donors (Lipinski definition) is 3. The Morgan fingerprint density at radius 1 is 1.05 bits per heavy atom. The lowest BCUT2D eigenvalue weighted by atomic mass is 9.91. The molecule has 9 heteroatoms. The van der Waals surface area contributed by atoms with Crippen molar-refractivity contribution in [1.29, 1.82) is 0 Å². The number of alkyl carbamates (subject to hydrolysis) is 1. The van der Waals surface area contributed by atoms with Crippen molar-refractivity contribution in [2.24, 2.45) is 5.73 Å². The predicted octanol–water partition coefficient (Wildman–Crippen LogP) is 4.13. The van der Waals surface area contributed by atoms with Crippen molar-refractivity contribution in [3.63, 3.8) is 0 Å². The van der Waals surface area contributed by atoms with Crippen molar-refractivity contribution >= 4 is 23.8 Å². The Bertz CT molecular complexity index is 954. The van der Waals surface area contributed by atoms with E-state index in [1.807, 2.05) is 59.7 Å². The molecule has 4 amide bonds. The average molecular weight is 519 g/mol. The highest BCUT2D eigenvalue weighted by molar-refractivity contribution is 5.95. The molecule has 1 rings (SSSR count). The number of benzene rings is 1. The number of primary amides is 1. The van der Waals surface area contributed by atoms with Gasteiger partial charge in [-0.05, 0) is 66.9 Å². The highest BCUT2D eigenvalue weighted by Crippen LogP contribution is 2.33. The molecule has 9 nitrogen and oxygen atoms in total. The first kappa shape index (κ1) is 31.9. The molecule has 0 fully saturated rings. The van der Waals surface area contributed by atoms with E-state index < -0.39 is 47.6 Å². The molecule has 0 saturated carbocycles. The van der Waals surface area contributed by atoms with Crippen molar-refractivity contribution < 1.29 is 23.9 Å². The molecule has 1 aromatic rings. The van der Waals surface area contributed by atoms with Gasteiger partial charge in [-0.25, -0.2) is 4.79 Å². The molecule has 0 spiro atoms. The van der Waals surface area contributed by atoms with Gasteiger partial charge in [-0.2, -0.15) is 0 Å². The molecular formula is C28H46N4O5. The number of aryl methyl sites for hydroxylation is 1. The van der Waals surface area contributed by atoms with Crippen LogP contribution in [0.4, 0.5) is 4.79 Å². The standard InChI is InChI=1S/C28H46N4O5/c1-10-13-19(4)30-24(34)23(20-15-12-14-18(3)16-20)32(28(8,9)11-2)25(35)21(17-22(29)33)31-26(36)37-27(5,6)7/h12,14-16,19,21,23H,10-11,13,17H2,1-9H3,(H2,29,33)(H,30,34)(H,31,36). The van der Waals surface area contributed by atoms with Crippen LogP contribution in [-0.2, 0) is 19.1 Å². The van der Waals surface area contributed by atoms with E-state index in [0.717, 1.165) is 18.4 Å². The first-order valence-electron chi connectivity index (χ1n) is 13.0. The molecular weight excluding hydrogens is 472 g/mol. The van der Waals surface area contributed by atoms with Crippen molar-refractivity contribution in [3.05, 3.63) is 35.4 Å². The lowest BCUT2D eigenvalue weighted by molar-refractivity contribution is -0.150. The zero-order valence-electron chi connectivity index (χ0n) is 23.9. The van der Waals surface area contributed by atoms with Gasteiger partial charge in [0.25, 0.3) is 0 Å². The number of ether oxygens (including phenoxy) is 1. The quantitative estimate of drug-likeness (QED) is 0.383. The Morgan fingerprint density at radius 2 is 1.68 bits per heavy atom. The molecule has 3 unspecified atom stereocenters. The molecule has 3 atom stereocenters. The Morgan fingerprint density at radius 3 is 2.16 bits per heavy atom. The zero-order chi connectivity index (χ0) is 28.6. The van der Waals surface area contributed by atoms with Crippen LogP contribution < -0.4 is 16.4 Å². The summed E-state index contributed by atoms with van der Waals surface area (Å²) in [6, 6.07) is 5.00. The fourth-order valence-electron chi connectivity index (χ4n) is 4.05. The molecule has 0 heterocycles. The number of nitrogens with zero attached hydrogens (tertiary/aromatic N) is 1. The van der Waals surface area contributed by atoms with Crippen molar-refractivity contribution in [3.8, 4) is 0 Å². The van der Waals surface area contributed by atoms with E-state index >= 15 is 0 Å². The van der Waals surface area contributed by atoms with E-state index in [2.05, 4.69) is 10.6 Å². The number of rotatable bonds is 12.